The van der Waals surface area contributed by atoms with E-state index in [1.165, 1.54) is 4.31 Å². The van der Waals surface area contributed by atoms with Crippen LogP contribution in [0.2, 0.25) is 0 Å². The summed E-state index contributed by atoms with van der Waals surface area (Å²) >= 11 is 0. The molecule has 1 aliphatic heterocycles. The van der Waals surface area contributed by atoms with Crippen molar-refractivity contribution in [2.24, 2.45) is 0 Å². The zero-order chi connectivity index (χ0) is 23.0. The first-order valence-corrected chi connectivity index (χ1v) is 12.1. The number of carbonyl (C=O) groups excluding carboxylic acids is 2. The van der Waals surface area contributed by atoms with Gasteiger partial charge < -0.3 is 15.4 Å². The van der Waals surface area contributed by atoms with Crippen molar-refractivity contribution in [1.82, 2.24) is 14.9 Å². The lowest BCUT2D eigenvalue weighted by molar-refractivity contribution is -0.126. The molecule has 2 N–H and O–H groups in total. The van der Waals surface area contributed by atoms with Crippen LogP contribution in [0, 0.1) is 0 Å². The molecule has 1 heterocycles. The first-order chi connectivity index (χ1) is 15.4. The maximum atomic E-state index is 12.6. The van der Waals surface area contributed by atoms with Crippen LogP contribution >= 0.6 is 0 Å². The van der Waals surface area contributed by atoms with Crippen molar-refractivity contribution in [3.63, 3.8) is 0 Å². The molecule has 172 valence electrons. The Hall–Kier alpha value is -2.91. The van der Waals surface area contributed by atoms with Crippen LogP contribution in [0.25, 0.3) is 0 Å². The third kappa shape index (κ3) is 6.54. The summed E-state index contributed by atoms with van der Waals surface area (Å²) in [4.78, 5) is 24.3. The normalized spacial score (nSPS) is 14.2. The fraction of sp³-hybridized carbons (Fsp3) is 0.391. The molecule has 0 aromatic heterocycles. The number of hydrogen-bond acceptors (Lipinski definition) is 5. The van der Waals surface area contributed by atoms with E-state index in [0.717, 1.165) is 29.7 Å². The van der Waals surface area contributed by atoms with E-state index in [4.69, 9.17) is 4.74 Å². The van der Waals surface area contributed by atoms with E-state index in [-0.39, 0.29) is 29.7 Å². The van der Waals surface area contributed by atoms with Crippen LogP contribution in [-0.2, 0) is 32.6 Å². The molecule has 0 aliphatic carbocycles. The Morgan fingerprint density at radius 2 is 1.53 bits per heavy atom. The Bertz CT molecular complexity index is 1010. The van der Waals surface area contributed by atoms with E-state index < -0.39 is 10.0 Å². The molecule has 2 aromatic rings. The van der Waals surface area contributed by atoms with Gasteiger partial charge in [-0.25, -0.2) is 8.42 Å². The van der Waals surface area contributed by atoms with Gasteiger partial charge in [-0.05, 0) is 54.7 Å². The molecule has 0 bridgehead atoms. The van der Waals surface area contributed by atoms with Crippen LogP contribution in [0.3, 0.4) is 0 Å². The number of sulfonamides is 1. The molecule has 0 radical (unpaired) electrons. The molecule has 2 aromatic carbocycles. The molecule has 0 spiro atoms. The lowest BCUT2D eigenvalue weighted by Gasteiger charge is -2.15. The fourth-order valence-corrected chi connectivity index (χ4v) is 4.95. The third-order valence-corrected chi connectivity index (χ3v) is 7.27. The summed E-state index contributed by atoms with van der Waals surface area (Å²) in [7, 11) is -1.84. The van der Waals surface area contributed by atoms with E-state index in [0.29, 0.717) is 26.1 Å². The number of carbonyl (C=O) groups is 2. The highest BCUT2D eigenvalue weighted by molar-refractivity contribution is 7.89. The van der Waals surface area contributed by atoms with E-state index >= 15 is 0 Å². The summed E-state index contributed by atoms with van der Waals surface area (Å²) in [5.74, 6) is 0.235. The highest BCUT2D eigenvalue weighted by Crippen LogP contribution is 2.21. The van der Waals surface area contributed by atoms with Crippen LogP contribution in [0.1, 0.15) is 30.4 Å². The average Bonchev–Trinajstić information content (AvgIpc) is 3.37. The molecule has 8 nitrogen and oxygen atoms in total. The van der Waals surface area contributed by atoms with E-state index in [9.17, 15) is 18.0 Å². The van der Waals surface area contributed by atoms with Crippen LogP contribution in [0.5, 0.6) is 5.75 Å². The Balaban J connectivity index is 1.38. The minimum Gasteiger partial charge on any atom is -0.497 e. The van der Waals surface area contributed by atoms with Gasteiger partial charge in [0.25, 0.3) is 0 Å². The molecule has 1 fully saturated rings. The SMILES string of the molecule is COc1ccc(CNC(=O)CNC(=O)CCc2ccc(S(=O)(=O)N3CCCC3)cc2)cc1. The van der Waals surface area contributed by atoms with Crippen LogP contribution in [0.4, 0.5) is 0 Å². The average molecular weight is 460 g/mol. The maximum Gasteiger partial charge on any atom is 0.243 e. The van der Waals surface area contributed by atoms with Crippen molar-refractivity contribution in [2.75, 3.05) is 26.7 Å². The van der Waals surface area contributed by atoms with Crippen LogP contribution < -0.4 is 15.4 Å². The fourth-order valence-electron chi connectivity index (χ4n) is 3.44. The molecule has 1 saturated heterocycles. The number of ether oxygens (including phenoxy) is 1. The molecule has 0 saturated carbocycles. The largest absolute Gasteiger partial charge is 0.497 e. The van der Waals surface area contributed by atoms with Gasteiger partial charge in [0.1, 0.15) is 5.75 Å². The van der Waals surface area contributed by atoms with Gasteiger partial charge in [0.05, 0.1) is 18.6 Å². The molecule has 9 heteroatoms. The zero-order valence-electron chi connectivity index (χ0n) is 18.2. The van der Waals surface area contributed by atoms with Crippen molar-refractivity contribution >= 4 is 21.8 Å². The van der Waals surface area contributed by atoms with Crippen molar-refractivity contribution in [3.05, 3.63) is 59.7 Å². The second-order valence-electron chi connectivity index (χ2n) is 7.66. The number of rotatable bonds is 10. The number of aryl methyl sites for hydroxylation is 1. The quantitative estimate of drug-likeness (QED) is 0.564. The van der Waals surface area contributed by atoms with Gasteiger partial charge in [0.15, 0.2) is 0 Å². The highest BCUT2D eigenvalue weighted by Gasteiger charge is 2.26. The van der Waals surface area contributed by atoms with Gasteiger partial charge in [-0.3, -0.25) is 9.59 Å². The molecule has 0 unspecified atom stereocenters. The number of nitrogens with zero attached hydrogens (tertiary/aromatic N) is 1. The van der Waals surface area contributed by atoms with E-state index in [2.05, 4.69) is 10.6 Å². The molecule has 1 aliphatic rings. The molecular formula is C23H29N3O5S. The van der Waals surface area contributed by atoms with Crippen molar-refractivity contribution in [2.45, 2.75) is 37.1 Å². The van der Waals surface area contributed by atoms with E-state index in [1.807, 2.05) is 24.3 Å². The van der Waals surface area contributed by atoms with Gasteiger partial charge in [-0.1, -0.05) is 24.3 Å². The number of methoxy groups -OCH3 is 1. The molecule has 2 amide bonds. The summed E-state index contributed by atoms with van der Waals surface area (Å²) in [6.07, 6.45) is 2.46. The van der Waals surface area contributed by atoms with E-state index in [1.54, 1.807) is 31.4 Å². The second kappa shape index (κ2) is 11.1. The first-order valence-electron chi connectivity index (χ1n) is 10.6. The van der Waals surface area contributed by atoms with Gasteiger partial charge in [-0.2, -0.15) is 4.31 Å². The summed E-state index contributed by atoms with van der Waals surface area (Å²) in [5.41, 5.74) is 1.80. The highest BCUT2D eigenvalue weighted by atomic mass is 32.2. The summed E-state index contributed by atoms with van der Waals surface area (Å²) in [5, 5.41) is 5.36. The summed E-state index contributed by atoms with van der Waals surface area (Å²) in [6.45, 7) is 1.41. The predicted octanol–water partition coefficient (Wildman–Crippen LogP) is 1.84. The number of benzene rings is 2. The zero-order valence-corrected chi connectivity index (χ0v) is 19.0. The molecule has 32 heavy (non-hydrogen) atoms. The van der Waals surface area contributed by atoms with Crippen molar-refractivity contribution < 1.29 is 22.7 Å². The summed E-state index contributed by atoms with van der Waals surface area (Å²) < 4.78 is 31.7. The monoisotopic (exact) mass is 459 g/mol. The Morgan fingerprint density at radius 3 is 2.16 bits per heavy atom. The first kappa shape index (κ1) is 23.7. The maximum absolute atomic E-state index is 12.6. The number of hydrogen-bond donors (Lipinski definition) is 2. The summed E-state index contributed by atoms with van der Waals surface area (Å²) in [6, 6.07) is 14.0. The van der Waals surface area contributed by atoms with Crippen LogP contribution in [-0.4, -0.2) is 51.3 Å². The lowest BCUT2D eigenvalue weighted by Crippen LogP contribution is -2.36. The third-order valence-electron chi connectivity index (χ3n) is 5.36. The number of amides is 2. The second-order valence-corrected chi connectivity index (χ2v) is 9.59. The molecule has 0 atom stereocenters. The molecular weight excluding hydrogens is 430 g/mol. The van der Waals surface area contributed by atoms with Gasteiger partial charge in [0.2, 0.25) is 21.8 Å². The minimum absolute atomic E-state index is 0.0952. The topological polar surface area (TPSA) is 105 Å². The Kier molecular flexibility index (Phi) is 8.24. The minimum atomic E-state index is -3.43. The van der Waals surface area contributed by atoms with Gasteiger partial charge >= 0.3 is 0 Å². The van der Waals surface area contributed by atoms with Gasteiger partial charge in [0, 0.05) is 26.1 Å². The number of nitrogens with one attached hydrogen (secondary N) is 2. The molecule has 3 rings (SSSR count). The van der Waals surface area contributed by atoms with Crippen molar-refractivity contribution in [1.29, 1.82) is 0 Å². The Labute approximate surface area is 189 Å². The standard InChI is InChI=1S/C23H29N3O5S/c1-31-20-9-4-19(5-10-20)16-24-23(28)17-25-22(27)13-8-18-6-11-21(12-7-18)32(29,30)26-14-2-3-15-26/h4-7,9-12H,2-3,8,13-17H2,1H3,(H,24,28)(H,25,27). The predicted molar refractivity (Wildman–Crippen MR) is 121 cm³/mol. The lowest BCUT2D eigenvalue weighted by atomic mass is 10.1. The smallest absolute Gasteiger partial charge is 0.243 e. The van der Waals surface area contributed by atoms with Gasteiger partial charge in [-0.15, -0.1) is 0 Å². The Morgan fingerprint density at radius 1 is 0.906 bits per heavy atom. The van der Waals surface area contributed by atoms with Crippen molar-refractivity contribution in [3.8, 4) is 5.75 Å². The van der Waals surface area contributed by atoms with Crippen LogP contribution in [0.15, 0.2) is 53.4 Å².